The van der Waals surface area contributed by atoms with E-state index in [0.717, 1.165) is 12.3 Å². The van der Waals surface area contributed by atoms with Gasteiger partial charge in [0, 0.05) is 36.2 Å². The van der Waals surface area contributed by atoms with Crippen molar-refractivity contribution in [2.75, 3.05) is 25.4 Å². The number of nitrogens with zero attached hydrogens (tertiary/aromatic N) is 1. The lowest BCUT2D eigenvalue weighted by Crippen LogP contribution is -2.37. The number of hydrogen-bond donors (Lipinski definition) is 2. The highest BCUT2D eigenvalue weighted by atomic mass is 32.3. The Hall–Kier alpha value is -0.700. The third-order valence-corrected chi connectivity index (χ3v) is 6.51. The van der Waals surface area contributed by atoms with E-state index < -0.39 is 10.2 Å². The molecule has 0 bridgehead atoms. The Balaban J connectivity index is 1.97. The van der Waals surface area contributed by atoms with Crippen LogP contribution in [0.1, 0.15) is 19.3 Å². The van der Waals surface area contributed by atoms with Gasteiger partial charge in [0.15, 0.2) is 5.11 Å². The summed E-state index contributed by atoms with van der Waals surface area (Å²) >= 11 is 4.84. The van der Waals surface area contributed by atoms with Crippen LogP contribution in [0.15, 0.2) is 22.3 Å². The molecule has 0 unspecified atom stereocenters. The van der Waals surface area contributed by atoms with Gasteiger partial charge in [0.05, 0.1) is 0 Å². The molecule has 1 fully saturated rings. The minimum atomic E-state index is -0.975. The van der Waals surface area contributed by atoms with Gasteiger partial charge in [-0.25, -0.2) is 0 Å². The molecule has 0 atom stereocenters. The molecule has 1 saturated heterocycles. The summed E-state index contributed by atoms with van der Waals surface area (Å²) in [6, 6.07) is 0. The topological polar surface area (TPSA) is 41.3 Å². The highest BCUT2D eigenvalue weighted by molar-refractivity contribution is 8.36. The van der Waals surface area contributed by atoms with E-state index in [2.05, 4.69) is 31.9 Å². The first kappa shape index (κ1) is 12.7. The minimum Gasteiger partial charge on any atom is -0.376 e. The van der Waals surface area contributed by atoms with Gasteiger partial charge in [-0.1, -0.05) is 17.9 Å². The van der Waals surface area contributed by atoms with E-state index in [1.54, 1.807) is 0 Å². The standard InChI is InChI=1S/C12H19N3S2/c13-12(16)14-6-11-17(9-4-5-10-17)15-7-2-1-3-8-15/h9-10H,1-3,6-8,11H2,(H3,13,14,16). The number of hydrogen-bond acceptors (Lipinski definition) is 2. The molecule has 2 aliphatic rings. The van der Waals surface area contributed by atoms with Gasteiger partial charge >= 0.3 is 0 Å². The molecule has 0 radical (unpaired) electrons. The van der Waals surface area contributed by atoms with Crippen LogP contribution in [0.25, 0.3) is 0 Å². The average molecular weight is 269 g/mol. The molecule has 3 N–H and O–H groups in total. The van der Waals surface area contributed by atoms with E-state index in [9.17, 15) is 0 Å². The van der Waals surface area contributed by atoms with Gasteiger partial charge < -0.3 is 11.1 Å². The summed E-state index contributed by atoms with van der Waals surface area (Å²) in [6.45, 7) is 3.22. The fraction of sp³-hybridized carbons (Fsp3) is 0.583. The Morgan fingerprint density at radius 3 is 2.53 bits per heavy atom. The molecule has 5 heteroatoms. The summed E-state index contributed by atoms with van der Waals surface area (Å²) in [4.78, 5) is 0. The number of nitrogens with one attached hydrogen (secondary N) is 1. The van der Waals surface area contributed by atoms with Crippen molar-refractivity contribution >= 4 is 27.5 Å². The van der Waals surface area contributed by atoms with Gasteiger partial charge in [-0.15, -0.1) is 10.2 Å². The largest absolute Gasteiger partial charge is 0.376 e. The highest BCUT2D eigenvalue weighted by Gasteiger charge is 2.29. The summed E-state index contributed by atoms with van der Waals surface area (Å²) in [6.07, 6.45) is 3.97. The Morgan fingerprint density at radius 2 is 1.94 bits per heavy atom. The molecule has 0 aromatic heterocycles. The van der Waals surface area contributed by atoms with Gasteiger partial charge in [0.2, 0.25) is 0 Å². The molecule has 0 aromatic carbocycles. The fourth-order valence-electron chi connectivity index (χ4n) is 2.24. The zero-order valence-corrected chi connectivity index (χ0v) is 11.6. The predicted molar refractivity (Wildman–Crippen MR) is 78.8 cm³/mol. The van der Waals surface area contributed by atoms with Crippen LogP contribution in [-0.4, -0.2) is 34.8 Å². The first-order valence-corrected chi connectivity index (χ1v) is 8.29. The minimum absolute atomic E-state index is 0.386. The number of thiocarbonyl (C=S) groups is 1. The van der Waals surface area contributed by atoms with Crippen molar-refractivity contribution in [2.24, 2.45) is 5.73 Å². The maximum atomic E-state index is 5.46. The lowest BCUT2D eigenvalue weighted by molar-refractivity contribution is 0.374. The van der Waals surface area contributed by atoms with E-state index in [1.165, 1.54) is 32.4 Å². The zero-order chi connectivity index (χ0) is 12.1. The summed E-state index contributed by atoms with van der Waals surface area (Å²) < 4.78 is 2.60. The van der Waals surface area contributed by atoms with E-state index in [-0.39, 0.29) is 0 Å². The van der Waals surface area contributed by atoms with Crippen molar-refractivity contribution in [3.63, 3.8) is 0 Å². The van der Waals surface area contributed by atoms with Crippen LogP contribution in [0.2, 0.25) is 0 Å². The van der Waals surface area contributed by atoms with Crippen LogP contribution < -0.4 is 11.1 Å². The first-order chi connectivity index (χ1) is 8.23. The van der Waals surface area contributed by atoms with Crippen molar-refractivity contribution in [1.82, 2.24) is 9.62 Å². The van der Waals surface area contributed by atoms with Crippen molar-refractivity contribution in [1.29, 1.82) is 0 Å². The van der Waals surface area contributed by atoms with Crippen molar-refractivity contribution in [3.8, 4) is 0 Å². The van der Waals surface area contributed by atoms with Crippen molar-refractivity contribution in [2.45, 2.75) is 19.3 Å². The molecule has 0 amide bonds. The summed E-state index contributed by atoms with van der Waals surface area (Å²) in [7, 11) is -0.975. The predicted octanol–water partition coefficient (Wildman–Crippen LogP) is 1.82. The normalized spacial score (nSPS) is 23.8. The van der Waals surface area contributed by atoms with E-state index >= 15 is 0 Å². The van der Waals surface area contributed by atoms with Crippen molar-refractivity contribution in [3.05, 3.63) is 22.3 Å². The number of piperidine rings is 1. The SMILES string of the molecule is NC(=S)NCCS1(N2CCCCC2)C=C=C=C1. The molecular formula is C12H19N3S2. The second kappa shape index (κ2) is 5.76. The molecule has 94 valence electrons. The molecule has 17 heavy (non-hydrogen) atoms. The van der Waals surface area contributed by atoms with Crippen LogP contribution >= 0.6 is 22.4 Å². The van der Waals surface area contributed by atoms with Crippen LogP contribution in [0.5, 0.6) is 0 Å². The van der Waals surface area contributed by atoms with Crippen molar-refractivity contribution < 1.29 is 0 Å². The van der Waals surface area contributed by atoms with Gasteiger partial charge in [-0.2, -0.15) is 0 Å². The average Bonchev–Trinajstić information content (AvgIpc) is 2.80. The molecule has 0 aromatic rings. The smallest absolute Gasteiger partial charge is 0.163 e. The van der Waals surface area contributed by atoms with Gasteiger partial charge in [0.1, 0.15) is 0 Å². The van der Waals surface area contributed by atoms with Crippen LogP contribution in [0.3, 0.4) is 0 Å². The molecule has 0 saturated carbocycles. The lowest BCUT2D eigenvalue weighted by Gasteiger charge is -2.44. The maximum absolute atomic E-state index is 5.46. The van der Waals surface area contributed by atoms with Gasteiger partial charge in [-0.05, 0) is 25.1 Å². The van der Waals surface area contributed by atoms with Gasteiger partial charge in [-0.3, -0.25) is 4.31 Å². The highest BCUT2D eigenvalue weighted by Crippen LogP contribution is 2.56. The molecule has 2 rings (SSSR count). The summed E-state index contributed by atoms with van der Waals surface area (Å²) in [5.41, 5.74) is 11.7. The third kappa shape index (κ3) is 3.15. The van der Waals surface area contributed by atoms with Gasteiger partial charge in [0.25, 0.3) is 0 Å². The van der Waals surface area contributed by atoms with Crippen LogP contribution in [0.4, 0.5) is 0 Å². The van der Waals surface area contributed by atoms with Crippen LogP contribution in [0, 0.1) is 0 Å². The Labute approximate surface area is 110 Å². The monoisotopic (exact) mass is 269 g/mol. The summed E-state index contributed by atoms with van der Waals surface area (Å²) in [5, 5.41) is 7.85. The fourth-order valence-corrected chi connectivity index (χ4v) is 5.12. The second-order valence-electron chi connectivity index (χ2n) is 4.32. The first-order valence-electron chi connectivity index (χ1n) is 6.00. The van der Waals surface area contributed by atoms with Crippen LogP contribution in [-0.2, 0) is 0 Å². The molecule has 0 aliphatic carbocycles. The van der Waals surface area contributed by atoms with E-state index in [0.29, 0.717) is 5.11 Å². The Kier molecular flexibility index (Phi) is 4.32. The third-order valence-electron chi connectivity index (χ3n) is 3.13. The summed E-state index contributed by atoms with van der Waals surface area (Å²) in [5.74, 6) is 1.05. The zero-order valence-electron chi connectivity index (χ0n) is 9.95. The lowest BCUT2D eigenvalue weighted by atomic mass is 10.2. The Bertz CT molecular complexity index is 371. The van der Waals surface area contributed by atoms with E-state index in [4.69, 9.17) is 18.0 Å². The number of nitrogens with two attached hydrogens (primary N) is 1. The second-order valence-corrected chi connectivity index (χ2v) is 7.77. The quantitative estimate of drug-likeness (QED) is 0.603. The van der Waals surface area contributed by atoms with E-state index in [1.807, 2.05) is 0 Å². The maximum Gasteiger partial charge on any atom is 0.163 e. The number of rotatable bonds is 4. The molecule has 2 aliphatic heterocycles. The molecule has 3 nitrogen and oxygen atoms in total. The Morgan fingerprint density at radius 1 is 1.29 bits per heavy atom. The molecule has 0 spiro atoms. The molecule has 2 heterocycles. The molecular weight excluding hydrogens is 250 g/mol.